The van der Waals surface area contributed by atoms with E-state index in [1.54, 1.807) is 0 Å². The number of carbonyl (C=O) groups excluding carboxylic acids is 1. The van der Waals surface area contributed by atoms with Crippen LogP contribution in [0.4, 0.5) is 0 Å². The number of hydrogen-bond donors (Lipinski definition) is 2. The molecule has 0 radical (unpaired) electrons. The lowest BCUT2D eigenvalue weighted by Gasteiger charge is -2.33. The minimum Gasteiger partial charge on any atom is -0.345 e. The Morgan fingerprint density at radius 1 is 1.50 bits per heavy atom. The van der Waals surface area contributed by atoms with Crippen LogP contribution in [-0.2, 0) is 4.79 Å². The maximum absolute atomic E-state index is 11.7. The second-order valence-electron chi connectivity index (χ2n) is 3.82. The monoisotopic (exact) mass is 208 g/mol. The van der Waals surface area contributed by atoms with Gasteiger partial charge in [-0.3, -0.25) is 4.79 Å². The Bertz CT molecular complexity index is 348. The van der Waals surface area contributed by atoms with Crippen LogP contribution in [0.15, 0.2) is 22.6 Å². The minimum absolute atomic E-state index is 0.126. The van der Waals surface area contributed by atoms with Crippen molar-refractivity contribution < 1.29 is 4.79 Å². The SMILES string of the molecule is O=C1NC2C=CSC2C2=C1CNCC2. The Morgan fingerprint density at radius 3 is 3.36 bits per heavy atom. The molecule has 0 aromatic carbocycles. The molecule has 4 heteroatoms. The van der Waals surface area contributed by atoms with Gasteiger partial charge in [-0.2, -0.15) is 0 Å². The maximum Gasteiger partial charge on any atom is 0.249 e. The molecule has 0 spiro atoms. The van der Waals surface area contributed by atoms with Gasteiger partial charge in [-0.1, -0.05) is 6.08 Å². The number of amides is 1. The average molecular weight is 208 g/mol. The van der Waals surface area contributed by atoms with Gasteiger partial charge in [0.2, 0.25) is 5.91 Å². The topological polar surface area (TPSA) is 41.1 Å². The standard InChI is InChI=1S/C10H12N2OS/c13-10-7-5-11-3-1-6(7)9-8(12-10)2-4-14-9/h2,4,8-9,11H,1,3,5H2,(H,12,13). The molecule has 0 saturated heterocycles. The van der Waals surface area contributed by atoms with Gasteiger partial charge < -0.3 is 10.6 Å². The smallest absolute Gasteiger partial charge is 0.249 e. The van der Waals surface area contributed by atoms with Crippen molar-refractivity contribution in [2.75, 3.05) is 13.1 Å². The highest BCUT2D eigenvalue weighted by Gasteiger charge is 2.37. The van der Waals surface area contributed by atoms with Gasteiger partial charge in [0.05, 0.1) is 11.3 Å². The zero-order valence-electron chi connectivity index (χ0n) is 7.75. The Hall–Kier alpha value is -0.740. The van der Waals surface area contributed by atoms with Gasteiger partial charge in [-0.25, -0.2) is 0 Å². The Kier molecular flexibility index (Phi) is 1.92. The summed E-state index contributed by atoms with van der Waals surface area (Å²) in [6, 6.07) is 0.240. The highest BCUT2D eigenvalue weighted by atomic mass is 32.2. The molecule has 74 valence electrons. The molecule has 3 heterocycles. The lowest BCUT2D eigenvalue weighted by Crippen LogP contribution is -2.49. The Morgan fingerprint density at radius 2 is 2.43 bits per heavy atom. The van der Waals surface area contributed by atoms with Crippen molar-refractivity contribution >= 4 is 17.7 Å². The van der Waals surface area contributed by atoms with Gasteiger partial charge in [0.25, 0.3) is 0 Å². The highest BCUT2D eigenvalue weighted by Crippen LogP contribution is 2.37. The van der Waals surface area contributed by atoms with Gasteiger partial charge in [0.1, 0.15) is 0 Å². The van der Waals surface area contributed by atoms with Gasteiger partial charge in [-0.15, -0.1) is 11.8 Å². The number of hydrogen-bond acceptors (Lipinski definition) is 3. The van der Waals surface area contributed by atoms with Crippen LogP contribution >= 0.6 is 11.8 Å². The molecule has 3 nitrogen and oxygen atoms in total. The van der Waals surface area contributed by atoms with E-state index in [1.165, 1.54) is 5.57 Å². The zero-order valence-corrected chi connectivity index (χ0v) is 8.56. The largest absolute Gasteiger partial charge is 0.345 e. The molecule has 0 aliphatic carbocycles. The highest BCUT2D eigenvalue weighted by molar-refractivity contribution is 8.03. The van der Waals surface area contributed by atoms with E-state index >= 15 is 0 Å². The number of rotatable bonds is 0. The number of fused-ring (bicyclic) bond motifs is 2. The second-order valence-corrected chi connectivity index (χ2v) is 4.87. The molecule has 0 aromatic heterocycles. The van der Waals surface area contributed by atoms with E-state index in [2.05, 4.69) is 22.1 Å². The summed E-state index contributed by atoms with van der Waals surface area (Å²) < 4.78 is 0. The van der Waals surface area contributed by atoms with Crippen molar-refractivity contribution in [2.45, 2.75) is 17.7 Å². The third-order valence-corrected chi connectivity index (χ3v) is 4.20. The van der Waals surface area contributed by atoms with Crippen LogP contribution in [0, 0.1) is 0 Å². The molecule has 0 aromatic rings. The fourth-order valence-corrected chi connectivity index (χ4v) is 3.48. The normalized spacial score (nSPS) is 35.3. The summed E-state index contributed by atoms with van der Waals surface area (Å²) >= 11 is 1.83. The molecule has 2 atom stereocenters. The predicted molar refractivity (Wildman–Crippen MR) is 57.0 cm³/mol. The minimum atomic E-state index is 0.126. The molecule has 3 rings (SSSR count). The van der Waals surface area contributed by atoms with Crippen LogP contribution in [0.2, 0.25) is 0 Å². The van der Waals surface area contributed by atoms with E-state index in [4.69, 9.17) is 0 Å². The molecule has 0 saturated carbocycles. The molecule has 14 heavy (non-hydrogen) atoms. The number of carbonyl (C=O) groups is 1. The summed E-state index contributed by atoms with van der Waals surface area (Å²) in [5, 5.41) is 8.86. The first-order valence-electron chi connectivity index (χ1n) is 4.92. The first kappa shape index (κ1) is 8.56. The Balaban J connectivity index is 2.02. The van der Waals surface area contributed by atoms with Crippen molar-refractivity contribution in [2.24, 2.45) is 0 Å². The third-order valence-electron chi connectivity index (χ3n) is 3.01. The molecule has 3 aliphatic rings. The van der Waals surface area contributed by atoms with Crippen molar-refractivity contribution in [3.05, 3.63) is 22.6 Å². The molecular formula is C10H12N2OS. The van der Waals surface area contributed by atoms with E-state index in [0.717, 1.165) is 25.1 Å². The number of thioether (sulfide) groups is 1. The van der Waals surface area contributed by atoms with E-state index in [9.17, 15) is 4.79 Å². The summed E-state index contributed by atoms with van der Waals surface area (Å²) in [5.74, 6) is 0.126. The van der Waals surface area contributed by atoms with E-state index < -0.39 is 0 Å². The average Bonchev–Trinajstić information content (AvgIpc) is 2.66. The fourth-order valence-electron chi connectivity index (χ4n) is 2.30. The van der Waals surface area contributed by atoms with E-state index in [0.29, 0.717) is 5.25 Å². The summed E-state index contributed by atoms with van der Waals surface area (Å²) in [6.45, 7) is 1.75. The summed E-state index contributed by atoms with van der Waals surface area (Å²) in [5.41, 5.74) is 2.35. The first-order valence-corrected chi connectivity index (χ1v) is 5.86. The van der Waals surface area contributed by atoms with Gasteiger partial charge in [0, 0.05) is 12.1 Å². The molecule has 0 fully saturated rings. The van der Waals surface area contributed by atoms with Crippen molar-refractivity contribution in [1.29, 1.82) is 0 Å². The van der Waals surface area contributed by atoms with Gasteiger partial charge in [0.15, 0.2) is 0 Å². The molecule has 1 amide bonds. The molecule has 2 N–H and O–H groups in total. The third kappa shape index (κ3) is 1.14. The van der Waals surface area contributed by atoms with Crippen LogP contribution < -0.4 is 10.6 Å². The summed E-state index contributed by atoms with van der Waals surface area (Å²) in [6.07, 6.45) is 3.12. The van der Waals surface area contributed by atoms with Crippen molar-refractivity contribution in [3.63, 3.8) is 0 Å². The van der Waals surface area contributed by atoms with Crippen molar-refractivity contribution in [1.82, 2.24) is 10.6 Å². The van der Waals surface area contributed by atoms with Crippen LogP contribution in [0.5, 0.6) is 0 Å². The van der Waals surface area contributed by atoms with Gasteiger partial charge in [-0.05, 0) is 23.9 Å². The molecule has 0 bridgehead atoms. The second kappa shape index (κ2) is 3.14. The van der Waals surface area contributed by atoms with Crippen LogP contribution in [0.3, 0.4) is 0 Å². The first-order chi connectivity index (χ1) is 6.86. The zero-order chi connectivity index (χ0) is 9.54. The van der Waals surface area contributed by atoms with Crippen LogP contribution in [0.25, 0.3) is 0 Å². The van der Waals surface area contributed by atoms with Crippen molar-refractivity contribution in [3.8, 4) is 0 Å². The lowest BCUT2D eigenvalue weighted by molar-refractivity contribution is -0.118. The quantitative estimate of drug-likeness (QED) is 0.605. The maximum atomic E-state index is 11.7. The molecule has 2 unspecified atom stereocenters. The summed E-state index contributed by atoms with van der Waals surface area (Å²) in [7, 11) is 0. The summed E-state index contributed by atoms with van der Waals surface area (Å²) in [4.78, 5) is 11.7. The molecule has 3 aliphatic heterocycles. The fraction of sp³-hybridized carbons (Fsp3) is 0.500. The number of nitrogens with one attached hydrogen (secondary N) is 2. The van der Waals surface area contributed by atoms with Crippen LogP contribution in [-0.4, -0.2) is 30.3 Å². The molecular weight excluding hydrogens is 196 g/mol. The predicted octanol–water partition coefficient (Wildman–Crippen LogP) is 0.404. The van der Waals surface area contributed by atoms with E-state index in [1.807, 2.05) is 11.8 Å². The van der Waals surface area contributed by atoms with Crippen LogP contribution in [0.1, 0.15) is 6.42 Å². The lowest BCUT2D eigenvalue weighted by atomic mass is 9.90. The Labute approximate surface area is 87.0 Å². The van der Waals surface area contributed by atoms with E-state index in [-0.39, 0.29) is 11.9 Å². The van der Waals surface area contributed by atoms with Gasteiger partial charge >= 0.3 is 0 Å².